The highest BCUT2D eigenvalue weighted by molar-refractivity contribution is 6.30. The maximum Gasteiger partial charge on any atom is 0.146 e. The Morgan fingerprint density at radius 1 is 1.07 bits per heavy atom. The molecule has 2 atom stereocenters. The van der Waals surface area contributed by atoms with E-state index in [1.54, 1.807) is 0 Å². The number of nitrogens with one attached hydrogen (secondary N) is 1. The normalized spacial score (nSPS) is 23.9. The van der Waals surface area contributed by atoms with Crippen molar-refractivity contribution in [1.29, 1.82) is 0 Å². The minimum absolute atomic E-state index is 0.0186. The lowest BCUT2D eigenvalue weighted by Crippen LogP contribution is -2.37. The molecule has 5 rings (SSSR count). The van der Waals surface area contributed by atoms with Gasteiger partial charge >= 0.3 is 0 Å². The summed E-state index contributed by atoms with van der Waals surface area (Å²) >= 11 is 5.81. The second-order valence-corrected chi connectivity index (χ2v) is 8.04. The highest BCUT2D eigenvalue weighted by atomic mass is 35.5. The summed E-state index contributed by atoms with van der Waals surface area (Å²) in [6.07, 6.45) is 3.32. The van der Waals surface area contributed by atoms with Gasteiger partial charge < -0.3 is 15.0 Å². The number of halogens is 3. The van der Waals surface area contributed by atoms with Crippen molar-refractivity contribution in [2.45, 2.75) is 31.3 Å². The topological polar surface area (TPSA) is 24.5 Å². The van der Waals surface area contributed by atoms with Crippen molar-refractivity contribution >= 4 is 17.3 Å². The Kier molecular flexibility index (Phi) is 4.25. The second kappa shape index (κ2) is 6.64. The van der Waals surface area contributed by atoms with Gasteiger partial charge in [0.05, 0.1) is 11.3 Å². The molecule has 142 valence electrons. The van der Waals surface area contributed by atoms with Gasteiger partial charge in [-0.1, -0.05) is 11.6 Å². The molecule has 27 heavy (non-hydrogen) atoms. The van der Waals surface area contributed by atoms with Crippen molar-refractivity contribution in [1.82, 2.24) is 5.32 Å². The Labute approximate surface area is 162 Å². The third-order valence-electron chi connectivity index (χ3n) is 5.93. The van der Waals surface area contributed by atoms with Gasteiger partial charge in [-0.25, -0.2) is 8.78 Å². The molecular formula is C21H21ClF2N2O. The van der Waals surface area contributed by atoms with Crippen molar-refractivity contribution in [2.24, 2.45) is 0 Å². The van der Waals surface area contributed by atoms with Crippen LogP contribution >= 0.6 is 11.6 Å². The summed E-state index contributed by atoms with van der Waals surface area (Å²) in [5.74, 6) is -0.156. The molecule has 6 heteroatoms. The average molecular weight is 391 g/mol. The van der Waals surface area contributed by atoms with E-state index in [-0.39, 0.29) is 22.6 Å². The zero-order chi connectivity index (χ0) is 18.5. The van der Waals surface area contributed by atoms with E-state index in [9.17, 15) is 8.78 Å². The van der Waals surface area contributed by atoms with Crippen molar-refractivity contribution in [3.63, 3.8) is 0 Å². The molecule has 1 N–H and O–H groups in total. The van der Waals surface area contributed by atoms with Crippen LogP contribution in [0.1, 0.15) is 30.7 Å². The fourth-order valence-corrected chi connectivity index (χ4v) is 4.82. The highest BCUT2D eigenvalue weighted by Crippen LogP contribution is 2.49. The average Bonchev–Trinajstić information content (AvgIpc) is 3.28. The number of hydrogen-bond acceptors (Lipinski definition) is 3. The van der Waals surface area contributed by atoms with Gasteiger partial charge in [0.1, 0.15) is 23.5 Å². The highest BCUT2D eigenvalue weighted by Gasteiger charge is 2.39. The molecule has 0 radical (unpaired) electrons. The molecule has 0 unspecified atom stereocenters. The van der Waals surface area contributed by atoms with Crippen molar-refractivity contribution in [2.75, 3.05) is 31.1 Å². The molecule has 0 spiro atoms. The van der Waals surface area contributed by atoms with E-state index in [4.69, 9.17) is 16.3 Å². The largest absolute Gasteiger partial charge is 0.487 e. The maximum absolute atomic E-state index is 14.6. The van der Waals surface area contributed by atoms with E-state index in [0.29, 0.717) is 5.56 Å². The Hall–Kier alpha value is -1.85. The monoisotopic (exact) mass is 390 g/mol. The molecule has 3 aliphatic heterocycles. The third-order valence-corrected chi connectivity index (χ3v) is 6.15. The van der Waals surface area contributed by atoms with Crippen LogP contribution in [0.5, 0.6) is 5.75 Å². The van der Waals surface area contributed by atoms with Crippen LogP contribution in [-0.2, 0) is 0 Å². The number of anilines is 1. The summed E-state index contributed by atoms with van der Waals surface area (Å²) in [5.41, 5.74) is 2.55. The quantitative estimate of drug-likeness (QED) is 0.802. The van der Waals surface area contributed by atoms with E-state index in [1.165, 1.54) is 12.1 Å². The lowest BCUT2D eigenvalue weighted by atomic mass is 9.88. The molecule has 3 heterocycles. The molecule has 3 nitrogen and oxygen atoms in total. The first kappa shape index (κ1) is 17.3. The molecule has 2 aromatic rings. The van der Waals surface area contributed by atoms with Crippen LogP contribution in [0, 0.1) is 11.6 Å². The van der Waals surface area contributed by atoms with Gasteiger partial charge in [-0.05, 0) is 55.6 Å². The van der Waals surface area contributed by atoms with Crippen LogP contribution < -0.4 is 15.0 Å². The molecule has 2 aromatic carbocycles. The first-order valence-electron chi connectivity index (χ1n) is 9.57. The first-order chi connectivity index (χ1) is 13.1. The first-order valence-corrected chi connectivity index (χ1v) is 9.95. The number of piperidine rings is 1. The molecule has 0 aliphatic carbocycles. The van der Waals surface area contributed by atoms with Crippen LogP contribution in [-0.4, -0.2) is 32.3 Å². The zero-order valence-electron chi connectivity index (χ0n) is 14.9. The fourth-order valence-electron chi connectivity index (χ4n) is 4.63. The summed E-state index contributed by atoms with van der Waals surface area (Å²) in [6, 6.07) is 6.13. The van der Waals surface area contributed by atoms with Gasteiger partial charge in [-0.15, -0.1) is 0 Å². The van der Waals surface area contributed by atoms with E-state index < -0.39 is 11.6 Å². The number of rotatable bonds is 2. The minimum Gasteiger partial charge on any atom is -0.487 e. The second-order valence-electron chi connectivity index (χ2n) is 7.61. The van der Waals surface area contributed by atoms with E-state index >= 15 is 0 Å². The number of hydrogen-bond donors (Lipinski definition) is 1. The Morgan fingerprint density at radius 3 is 2.56 bits per heavy atom. The Balaban J connectivity index is 1.69. The number of fused-ring (bicyclic) bond motifs is 3. The van der Waals surface area contributed by atoms with Crippen LogP contribution in [0.25, 0.3) is 11.1 Å². The molecule has 0 aromatic heterocycles. The van der Waals surface area contributed by atoms with Gasteiger partial charge in [-0.3, -0.25) is 0 Å². The summed E-state index contributed by atoms with van der Waals surface area (Å²) in [5, 5.41) is 3.48. The van der Waals surface area contributed by atoms with E-state index in [1.807, 2.05) is 12.1 Å². The van der Waals surface area contributed by atoms with Crippen molar-refractivity contribution in [3.8, 4) is 16.9 Å². The van der Waals surface area contributed by atoms with E-state index in [2.05, 4.69) is 10.2 Å². The smallest absolute Gasteiger partial charge is 0.146 e. The summed E-state index contributed by atoms with van der Waals surface area (Å²) in [7, 11) is 0. The molecular weight excluding hydrogens is 370 g/mol. The van der Waals surface area contributed by atoms with Crippen molar-refractivity contribution in [3.05, 3.63) is 46.5 Å². The molecule has 3 aliphatic rings. The predicted molar refractivity (Wildman–Crippen MR) is 103 cm³/mol. The number of nitrogens with zero attached hydrogens (tertiary/aromatic N) is 1. The zero-order valence-corrected chi connectivity index (χ0v) is 15.7. The van der Waals surface area contributed by atoms with E-state index in [0.717, 1.165) is 62.4 Å². The standard InChI is InChI=1S/C21H21ClF2N2O/c22-13-9-16(23)20(17(24)10-13)12-7-14-15-11-25-4-3-19(15)27-21(14)18(8-12)26-5-1-2-6-26/h7-10,15,19,25H,1-6,11H2/t15-,19-/m0/s1. The predicted octanol–water partition coefficient (Wildman–Crippen LogP) is 4.72. The summed E-state index contributed by atoms with van der Waals surface area (Å²) in [4.78, 5) is 2.28. The lowest BCUT2D eigenvalue weighted by Gasteiger charge is -2.25. The number of benzene rings is 2. The molecule has 2 saturated heterocycles. The van der Waals surface area contributed by atoms with Crippen LogP contribution in [0.2, 0.25) is 5.02 Å². The van der Waals surface area contributed by atoms with Crippen LogP contribution in [0.3, 0.4) is 0 Å². The van der Waals surface area contributed by atoms with Gasteiger partial charge in [0.25, 0.3) is 0 Å². The van der Waals surface area contributed by atoms with Gasteiger partial charge in [0, 0.05) is 36.1 Å². The van der Waals surface area contributed by atoms with Gasteiger partial charge in [-0.2, -0.15) is 0 Å². The third kappa shape index (κ3) is 2.88. The molecule has 2 fully saturated rings. The van der Waals surface area contributed by atoms with Crippen LogP contribution in [0.15, 0.2) is 24.3 Å². The number of ether oxygens (including phenoxy) is 1. The maximum atomic E-state index is 14.6. The SMILES string of the molecule is Fc1cc(Cl)cc(F)c1-c1cc2c(c(N3CCCC3)c1)O[C@H]1CCNC[C@@H]21. The fraction of sp³-hybridized carbons (Fsp3) is 0.429. The van der Waals surface area contributed by atoms with Gasteiger partial charge in [0.2, 0.25) is 0 Å². The minimum atomic E-state index is -0.635. The summed E-state index contributed by atoms with van der Waals surface area (Å²) in [6.45, 7) is 3.64. The van der Waals surface area contributed by atoms with Crippen molar-refractivity contribution < 1.29 is 13.5 Å². The van der Waals surface area contributed by atoms with Crippen LogP contribution in [0.4, 0.5) is 14.5 Å². The van der Waals surface area contributed by atoms with Gasteiger partial charge in [0.15, 0.2) is 0 Å². The summed E-state index contributed by atoms with van der Waals surface area (Å²) < 4.78 is 35.6. The molecule has 0 saturated carbocycles. The lowest BCUT2D eigenvalue weighted by molar-refractivity contribution is 0.172. The Morgan fingerprint density at radius 2 is 1.81 bits per heavy atom. The molecule has 0 bridgehead atoms. The Bertz CT molecular complexity index is 875. The molecule has 0 amide bonds.